The molecule has 0 fully saturated rings. The summed E-state index contributed by atoms with van der Waals surface area (Å²) in [5.41, 5.74) is 0.283. The summed E-state index contributed by atoms with van der Waals surface area (Å²) in [7, 11) is 1.26. The zero-order valence-corrected chi connectivity index (χ0v) is 11.4. The highest BCUT2D eigenvalue weighted by atomic mass is 19.1. The number of hydrogen-bond donors (Lipinski definition) is 1. The van der Waals surface area contributed by atoms with E-state index >= 15 is 0 Å². The number of hydrogen-bond acceptors (Lipinski definition) is 2. The van der Waals surface area contributed by atoms with Crippen LogP contribution in [-0.4, -0.2) is 19.7 Å². The minimum atomic E-state index is -0.578. The summed E-state index contributed by atoms with van der Waals surface area (Å²) < 4.78 is 31.5. The maximum atomic E-state index is 13.8. The molecule has 0 saturated heterocycles. The molecule has 0 aliphatic rings. The number of rotatable bonds is 5. The fourth-order valence-corrected chi connectivity index (χ4v) is 2.00. The van der Waals surface area contributed by atoms with Crippen molar-refractivity contribution in [2.75, 3.05) is 13.7 Å². The van der Waals surface area contributed by atoms with Crippen LogP contribution in [0.2, 0.25) is 0 Å². The summed E-state index contributed by atoms with van der Waals surface area (Å²) in [6.45, 7) is 4.19. The molecule has 0 heterocycles. The highest BCUT2D eigenvalue weighted by Crippen LogP contribution is 2.26. The van der Waals surface area contributed by atoms with Gasteiger partial charge in [-0.15, -0.1) is 0 Å². The summed E-state index contributed by atoms with van der Waals surface area (Å²) in [5, 5.41) is 2.53. The highest BCUT2D eigenvalue weighted by molar-refractivity contribution is 5.66. The minimum absolute atomic E-state index is 0.214. The number of benzene rings is 1. The van der Waals surface area contributed by atoms with Gasteiger partial charge in [-0.1, -0.05) is 13.8 Å². The molecule has 5 heteroatoms. The van der Waals surface area contributed by atoms with Crippen molar-refractivity contribution >= 4 is 6.09 Å². The molecule has 0 unspecified atom stereocenters. The number of alkyl carbamates (subject to hydrolysis) is 1. The molecule has 0 radical (unpaired) electrons. The van der Waals surface area contributed by atoms with Crippen molar-refractivity contribution in [1.29, 1.82) is 0 Å². The van der Waals surface area contributed by atoms with Gasteiger partial charge in [-0.2, -0.15) is 0 Å². The molecule has 19 heavy (non-hydrogen) atoms. The Morgan fingerprint density at radius 1 is 1.37 bits per heavy atom. The van der Waals surface area contributed by atoms with Crippen LogP contribution < -0.4 is 5.32 Å². The minimum Gasteiger partial charge on any atom is -0.453 e. The van der Waals surface area contributed by atoms with Crippen molar-refractivity contribution in [3.05, 3.63) is 35.4 Å². The van der Waals surface area contributed by atoms with E-state index in [1.54, 1.807) is 0 Å². The van der Waals surface area contributed by atoms with Crippen LogP contribution >= 0.6 is 0 Å². The third-order valence-corrected chi connectivity index (χ3v) is 2.83. The molecule has 1 aromatic rings. The van der Waals surface area contributed by atoms with Gasteiger partial charge in [0, 0.05) is 12.5 Å². The first-order chi connectivity index (χ1) is 8.93. The Morgan fingerprint density at radius 3 is 2.63 bits per heavy atom. The van der Waals surface area contributed by atoms with Gasteiger partial charge in [-0.05, 0) is 36.1 Å². The number of carbonyl (C=O) groups excluding carboxylic acids is 1. The lowest BCUT2D eigenvalue weighted by Gasteiger charge is -2.20. The van der Waals surface area contributed by atoms with Gasteiger partial charge in [0.15, 0.2) is 0 Å². The first-order valence-electron chi connectivity index (χ1n) is 6.20. The van der Waals surface area contributed by atoms with Crippen LogP contribution in [0, 0.1) is 17.6 Å². The van der Waals surface area contributed by atoms with E-state index in [9.17, 15) is 13.6 Å². The number of ether oxygens (including phenoxy) is 1. The average molecular weight is 271 g/mol. The van der Waals surface area contributed by atoms with Gasteiger partial charge in [-0.3, -0.25) is 0 Å². The Bertz CT molecular complexity index is 435. The van der Waals surface area contributed by atoms with Crippen molar-refractivity contribution in [2.45, 2.75) is 26.2 Å². The Hall–Kier alpha value is -1.65. The molecule has 0 spiro atoms. The van der Waals surface area contributed by atoms with Crippen molar-refractivity contribution in [3.63, 3.8) is 0 Å². The van der Waals surface area contributed by atoms with E-state index in [0.717, 1.165) is 12.1 Å². The molecule has 3 nitrogen and oxygen atoms in total. The molecule has 0 bridgehead atoms. The number of halogens is 2. The lowest BCUT2D eigenvalue weighted by molar-refractivity contribution is 0.170. The largest absolute Gasteiger partial charge is 0.453 e. The quantitative estimate of drug-likeness (QED) is 0.890. The Labute approximate surface area is 112 Å². The van der Waals surface area contributed by atoms with Gasteiger partial charge in [0.1, 0.15) is 11.6 Å². The molecule has 1 atom stereocenters. The Morgan fingerprint density at radius 2 is 2.05 bits per heavy atom. The fraction of sp³-hybridized carbons (Fsp3) is 0.500. The number of nitrogens with one attached hydrogen (secondary N) is 1. The van der Waals surface area contributed by atoms with E-state index < -0.39 is 17.7 Å². The standard InChI is InChI=1S/C14H19F2NO2/c1-9(2)6-10(8-17-14(18)19-3)12-7-11(15)4-5-13(12)16/h4-5,7,9-10H,6,8H2,1-3H3,(H,17,18)/t10-/m1/s1. The zero-order valence-electron chi connectivity index (χ0n) is 11.4. The van der Waals surface area contributed by atoms with Crippen molar-refractivity contribution in [2.24, 2.45) is 5.92 Å². The summed E-state index contributed by atoms with van der Waals surface area (Å²) in [6.07, 6.45) is 0.0650. The summed E-state index contributed by atoms with van der Waals surface area (Å²) in [6, 6.07) is 3.37. The molecular weight excluding hydrogens is 252 g/mol. The topological polar surface area (TPSA) is 38.3 Å². The molecule has 1 rings (SSSR count). The first-order valence-corrected chi connectivity index (χ1v) is 6.20. The second-order valence-electron chi connectivity index (χ2n) is 4.86. The van der Waals surface area contributed by atoms with Gasteiger partial charge in [0.25, 0.3) is 0 Å². The Kier molecular flexibility index (Phi) is 5.73. The van der Waals surface area contributed by atoms with E-state index in [1.165, 1.54) is 13.2 Å². The third kappa shape index (κ3) is 4.85. The molecule has 0 aromatic heterocycles. The van der Waals surface area contributed by atoms with E-state index in [0.29, 0.717) is 12.3 Å². The maximum absolute atomic E-state index is 13.8. The van der Waals surface area contributed by atoms with Crippen molar-refractivity contribution in [3.8, 4) is 0 Å². The van der Waals surface area contributed by atoms with Crippen molar-refractivity contribution < 1.29 is 18.3 Å². The Balaban J connectivity index is 2.88. The lowest BCUT2D eigenvalue weighted by atomic mass is 9.90. The molecule has 0 aliphatic carbocycles. The summed E-state index contributed by atoms with van der Waals surface area (Å²) >= 11 is 0. The number of carbonyl (C=O) groups is 1. The lowest BCUT2D eigenvalue weighted by Crippen LogP contribution is -2.29. The third-order valence-electron chi connectivity index (χ3n) is 2.83. The molecule has 0 aliphatic heterocycles. The predicted molar refractivity (Wildman–Crippen MR) is 69.0 cm³/mol. The molecule has 1 aromatic carbocycles. The van der Waals surface area contributed by atoms with Crippen LogP contribution in [0.1, 0.15) is 31.7 Å². The predicted octanol–water partition coefficient (Wildman–Crippen LogP) is 3.45. The van der Waals surface area contributed by atoms with E-state index in [4.69, 9.17) is 0 Å². The maximum Gasteiger partial charge on any atom is 0.406 e. The fourth-order valence-electron chi connectivity index (χ4n) is 2.00. The SMILES string of the molecule is COC(=O)NC[C@@H](CC(C)C)c1cc(F)ccc1F. The number of amides is 1. The van der Waals surface area contributed by atoms with Gasteiger partial charge in [-0.25, -0.2) is 13.6 Å². The van der Waals surface area contributed by atoms with E-state index in [1.807, 2.05) is 13.8 Å². The molecule has 0 saturated carbocycles. The van der Waals surface area contributed by atoms with Crippen LogP contribution in [0.5, 0.6) is 0 Å². The normalized spacial score (nSPS) is 12.3. The van der Waals surface area contributed by atoms with Crippen LogP contribution in [0.15, 0.2) is 18.2 Å². The van der Waals surface area contributed by atoms with Gasteiger partial charge < -0.3 is 10.1 Å². The molecule has 106 valence electrons. The summed E-state index contributed by atoms with van der Waals surface area (Å²) in [4.78, 5) is 11.1. The van der Waals surface area contributed by atoms with Gasteiger partial charge in [0.05, 0.1) is 7.11 Å². The second-order valence-corrected chi connectivity index (χ2v) is 4.86. The average Bonchev–Trinajstić information content (AvgIpc) is 2.36. The zero-order chi connectivity index (χ0) is 14.4. The van der Waals surface area contributed by atoms with Gasteiger partial charge in [0.2, 0.25) is 0 Å². The summed E-state index contributed by atoms with van der Waals surface area (Å²) in [5.74, 6) is -0.927. The van der Waals surface area contributed by atoms with Crippen molar-refractivity contribution in [1.82, 2.24) is 5.32 Å². The monoisotopic (exact) mass is 271 g/mol. The number of methoxy groups -OCH3 is 1. The molecular formula is C14H19F2NO2. The first kappa shape index (κ1) is 15.4. The van der Waals surface area contributed by atoms with Crippen LogP contribution in [-0.2, 0) is 4.74 Å². The van der Waals surface area contributed by atoms with Crippen LogP contribution in [0.4, 0.5) is 13.6 Å². The van der Waals surface area contributed by atoms with Gasteiger partial charge >= 0.3 is 6.09 Å². The second kappa shape index (κ2) is 7.07. The van der Waals surface area contributed by atoms with E-state index in [-0.39, 0.29) is 18.0 Å². The molecule has 1 N–H and O–H groups in total. The van der Waals surface area contributed by atoms with E-state index in [2.05, 4.69) is 10.1 Å². The molecule has 1 amide bonds. The smallest absolute Gasteiger partial charge is 0.406 e. The van der Waals surface area contributed by atoms with Crippen LogP contribution in [0.25, 0.3) is 0 Å². The highest BCUT2D eigenvalue weighted by Gasteiger charge is 2.19. The van der Waals surface area contributed by atoms with Crippen LogP contribution in [0.3, 0.4) is 0 Å².